The molecule has 138 valence electrons. The molecule has 8 heteroatoms. The molecule has 2 N–H and O–H groups in total. The Morgan fingerprint density at radius 2 is 2.07 bits per heavy atom. The second-order valence-corrected chi connectivity index (χ2v) is 6.30. The van der Waals surface area contributed by atoms with Crippen molar-refractivity contribution < 1.29 is 9.53 Å². The van der Waals surface area contributed by atoms with Gasteiger partial charge in [-0.2, -0.15) is 10.2 Å². The van der Waals surface area contributed by atoms with Crippen LogP contribution in [0.1, 0.15) is 23.0 Å². The third-order valence-corrected chi connectivity index (χ3v) is 4.18. The van der Waals surface area contributed by atoms with E-state index in [1.54, 1.807) is 24.3 Å². The Bertz CT molecular complexity index is 985. The molecule has 0 radical (unpaired) electrons. The maximum Gasteiger partial charge on any atom is 0.289 e. The van der Waals surface area contributed by atoms with Crippen molar-refractivity contribution in [3.05, 3.63) is 69.8 Å². The van der Waals surface area contributed by atoms with E-state index in [0.717, 1.165) is 5.56 Å². The van der Waals surface area contributed by atoms with Crippen LogP contribution in [-0.2, 0) is 0 Å². The zero-order chi connectivity index (χ0) is 19.2. The second kappa shape index (κ2) is 8.70. The first-order chi connectivity index (χ1) is 13.1. The number of carbonyl (C=O) groups is 1. The Morgan fingerprint density at radius 3 is 2.85 bits per heavy atom. The van der Waals surface area contributed by atoms with Crippen LogP contribution in [0.25, 0.3) is 11.3 Å². The predicted octanol–water partition coefficient (Wildman–Crippen LogP) is 4.55. The summed E-state index contributed by atoms with van der Waals surface area (Å²) in [6.07, 6.45) is 1.44. The molecular weight excluding hydrogens is 387 g/mol. The van der Waals surface area contributed by atoms with Crippen molar-refractivity contribution in [2.24, 2.45) is 5.10 Å². The Labute approximate surface area is 166 Å². The second-order valence-electron chi connectivity index (χ2n) is 5.46. The molecule has 0 saturated carbocycles. The lowest BCUT2D eigenvalue weighted by molar-refractivity contribution is 0.0950. The highest BCUT2D eigenvalue weighted by Gasteiger charge is 2.13. The topological polar surface area (TPSA) is 79.4 Å². The van der Waals surface area contributed by atoms with Crippen molar-refractivity contribution in [2.75, 3.05) is 6.61 Å². The molecule has 0 fully saturated rings. The van der Waals surface area contributed by atoms with Gasteiger partial charge in [0.2, 0.25) is 0 Å². The number of hydrogen-bond acceptors (Lipinski definition) is 4. The number of aromatic amines is 1. The molecule has 1 aromatic heterocycles. The number of H-pyrrole nitrogens is 1. The first-order valence-electron chi connectivity index (χ1n) is 8.14. The molecule has 27 heavy (non-hydrogen) atoms. The number of para-hydroxylation sites is 1. The average molecular weight is 403 g/mol. The van der Waals surface area contributed by atoms with Crippen molar-refractivity contribution in [2.45, 2.75) is 6.92 Å². The van der Waals surface area contributed by atoms with Gasteiger partial charge in [-0.1, -0.05) is 41.4 Å². The highest BCUT2D eigenvalue weighted by atomic mass is 35.5. The molecule has 0 atom stereocenters. The molecule has 1 heterocycles. The maximum absolute atomic E-state index is 12.2. The number of amides is 1. The van der Waals surface area contributed by atoms with Gasteiger partial charge in [0.05, 0.1) is 23.5 Å². The number of hydrazone groups is 1. The van der Waals surface area contributed by atoms with E-state index in [9.17, 15) is 4.79 Å². The summed E-state index contributed by atoms with van der Waals surface area (Å²) in [5.41, 5.74) is 4.74. The molecule has 0 spiro atoms. The average Bonchev–Trinajstić information content (AvgIpc) is 3.14. The molecule has 0 aliphatic rings. The van der Waals surface area contributed by atoms with Crippen molar-refractivity contribution in [3.8, 4) is 17.0 Å². The van der Waals surface area contributed by atoms with Crippen molar-refractivity contribution in [3.63, 3.8) is 0 Å². The Kier molecular flexibility index (Phi) is 6.11. The Morgan fingerprint density at radius 1 is 1.26 bits per heavy atom. The number of hydrogen-bond donors (Lipinski definition) is 2. The minimum atomic E-state index is -0.427. The van der Waals surface area contributed by atoms with E-state index in [4.69, 9.17) is 27.9 Å². The fourth-order valence-corrected chi connectivity index (χ4v) is 2.82. The summed E-state index contributed by atoms with van der Waals surface area (Å²) in [5.74, 6) is 0.276. The fourth-order valence-electron chi connectivity index (χ4n) is 2.36. The minimum Gasteiger partial charge on any atom is -0.493 e. The number of aromatic nitrogens is 2. The third-order valence-electron chi connectivity index (χ3n) is 3.62. The van der Waals surface area contributed by atoms with Crippen LogP contribution in [0.15, 0.2) is 53.6 Å². The van der Waals surface area contributed by atoms with Gasteiger partial charge in [0.1, 0.15) is 11.4 Å². The summed E-state index contributed by atoms with van der Waals surface area (Å²) in [6.45, 7) is 2.45. The molecule has 3 aromatic rings. The van der Waals surface area contributed by atoms with Crippen LogP contribution < -0.4 is 10.2 Å². The zero-order valence-corrected chi connectivity index (χ0v) is 15.9. The monoisotopic (exact) mass is 402 g/mol. The normalized spacial score (nSPS) is 10.9. The Hall–Kier alpha value is -2.83. The largest absolute Gasteiger partial charge is 0.493 e. The molecule has 0 aliphatic heterocycles. The van der Waals surface area contributed by atoms with Gasteiger partial charge < -0.3 is 4.74 Å². The maximum atomic E-state index is 12.2. The summed E-state index contributed by atoms with van der Waals surface area (Å²) >= 11 is 11.9. The zero-order valence-electron chi connectivity index (χ0n) is 14.4. The Balaban J connectivity index is 1.71. The van der Waals surface area contributed by atoms with E-state index in [1.807, 2.05) is 31.2 Å². The van der Waals surface area contributed by atoms with Crippen molar-refractivity contribution in [1.82, 2.24) is 15.6 Å². The summed E-state index contributed by atoms with van der Waals surface area (Å²) in [4.78, 5) is 12.2. The molecule has 0 unspecified atom stereocenters. The number of rotatable bonds is 6. The molecule has 6 nitrogen and oxygen atoms in total. The van der Waals surface area contributed by atoms with Crippen LogP contribution in [0.2, 0.25) is 10.0 Å². The summed E-state index contributed by atoms with van der Waals surface area (Å²) in [6, 6.07) is 14.1. The van der Waals surface area contributed by atoms with Gasteiger partial charge >= 0.3 is 0 Å². The first kappa shape index (κ1) is 18.9. The van der Waals surface area contributed by atoms with E-state index in [1.165, 1.54) is 6.21 Å². The molecule has 0 bridgehead atoms. The highest BCUT2D eigenvalue weighted by Crippen LogP contribution is 2.28. The lowest BCUT2D eigenvalue weighted by Gasteiger charge is -2.07. The SMILES string of the molecule is CCOc1ccccc1-c1cc(C(=O)N/N=C\c2ccc(Cl)cc2Cl)[nH]n1. The molecule has 1 amide bonds. The lowest BCUT2D eigenvalue weighted by atomic mass is 10.1. The van der Waals surface area contributed by atoms with Crippen molar-refractivity contribution in [1.29, 1.82) is 0 Å². The van der Waals surface area contributed by atoms with Crippen LogP contribution in [0.4, 0.5) is 0 Å². The fraction of sp³-hybridized carbons (Fsp3) is 0.105. The smallest absolute Gasteiger partial charge is 0.289 e. The van der Waals surface area contributed by atoms with E-state index in [-0.39, 0.29) is 5.69 Å². The summed E-state index contributed by atoms with van der Waals surface area (Å²) < 4.78 is 5.59. The summed E-state index contributed by atoms with van der Waals surface area (Å²) in [7, 11) is 0. The van der Waals surface area contributed by atoms with Gasteiger partial charge in [0.25, 0.3) is 5.91 Å². The number of ether oxygens (including phenoxy) is 1. The van der Waals surface area contributed by atoms with E-state index in [2.05, 4.69) is 20.7 Å². The highest BCUT2D eigenvalue weighted by molar-refractivity contribution is 6.36. The third kappa shape index (κ3) is 4.67. The lowest BCUT2D eigenvalue weighted by Crippen LogP contribution is -2.18. The van der Waals surface area contributed by atoms with Crippen LogP contribution in [0.5, 0.6) is 5.75 Å². The standard InChI is InChI=1S/C19H16Cl2N4O2/c1-2-27-18-6-4-3-5-14(18)16-10-17(24-23-16)19(26)25-22-11-12-7-8-13(20)9-15(12)21/h3-11H,2H2,1H3,(H,23,24)(H,25,26)/b22-11-. The number of halogens is 2. The molecule has 3 rings (SSSR count). The number of nitrogens with one attached hydrogen (secondary N) is 2. The van der Waals surface area contributed by atoms with Crippen LogP contribution >= 0.6 is 23.2 Å². The number of nitrogens with zero attached hydrogens (tertiary/aromatic N) is 2. The quantitative estimate of drug-likeness (QED) is 0.468. The number of carbonyl (C=O) groups excluding carboxylic acids is 1. The van der Waals surface area contributed by atoms with Crippen LogP contribution in [0.3, 0.4) is 0 Å². The molecule has 2 aromatic carbocycles. The van der Waals surface area contributed by atoms with Gasteiger partial charge in [-0.15, -0.1) is 0 Å². The number of benzene rings is 2. The molecule has 0 saturated heterocycles. The molecular formula is C19H16Cl2N4O2. The van der Waals surface area contributed by atoms with E-state index >= 15 is 0 Å². The van der Waals surface area contributed by atoms with Crippen LogP contribution in [-0.4, -0.2) is 28.9 Å². The predicted molar refractivity (Wildman–Crippen MR) is 107 cm³/mol. The van der Waals surface area contributed by atoms with Gasteiger partial charge in [0.15, 0.2) is 0 Å². The van der Waals surface area contributed by atoms with E-state index in [0.29, 0.717) is 33.7 Å². The van der Waals surface area contributed by atoms with E-state index < -0.39 is 5.91 Å². The van der Waals surface area contributed by atoms with Gasteiger partial charge in [-0.05, 0) is 37.3 Å². The van der Waals surface area contributed by atoms with Gasteiger partial charge in [-0.25, -0.2) is 5.43 Å². The summed E-state index contributed by atoms with van der Waals surface area (Å²) in [5, 5.41) is 11.8. The minimum absolute atomic E-state index is 0.274. The van der Waals surface area contributed by atoms with Crippen molar-refractivity contribution >= 4 is 35.3 Å². The van der Waals surface area contributed by atoms with Gasteiger partial charge in [-0.3, -0.25) is 9.89 Å². The van der Waals surface area contributed by atoms with Crippen LogP contribution in [0, 0.1) is 0 Å². The molecule has 0 aliphatic carbocycles. The first-order valence-corrected chi connectivity index (χ1v) is 8.90. The van der Waals surface area contributed by atoms with Gasteiger partial charge in [0, 0.05) is 16.1 Å².